The zero-order chi connectivity index (χ0) is 17.3. The number of carbonyl (C=O) groups is 1. The fourth-order valence-corrected chi connectivity index (χ4v) is 3.65. The number of likely N-dealkylation sites (tertiary alicyclic amines) is 1. The van der Waals surface area contributed by atoms with Crippen LogP contribution in [0.25, 0.3) is 10.9 Å². The molecule has 1 aromatic heterocycles. The van der Waals surface area contributed by atoms with Crippen LogP contribution in [0.5, 0.6) is 0 Å². The van der Waals surface area contributed by atoms with Gasteiger partial charge in [-0.15, -0.1) is 0 Å². The summed E-state index contributed by atoms with van der Waals surface area (Å²) < 4.78 is 2.48. The lowest BCUT2D eigenvalue weighted by atomic mass is 10.0. The predicted octanol–water partition coefficient (Wildman–Crippen LogP) is 3.04. The molecule has 0 bridgehead atoms. The Morgan fingerprint density at radius 3 is 2.92 bits per heavy atom. The number of rotatable bonds is 2. The monoisotopic (exact) mass is 387 g/mol. The lowest BCUT2D eigenvalue weighted by Gasteiger charge is -2.33. The van der Waals surface area contributed by atoms with Crippen LogP contribution in [0, 0.1) is 11.3 Å². The summed E-state index contributed by atoms with van der Waals surface area (Å²) >= 11 is 3.35. The number of fused-ring (bicyclic) bond motifs is 1. The van der Waals surface area contributed by atoms with Crippen molar-refractivity contribution in [3.63, 3.8) is 0 Å². The van der Waals surface area contributed by atoms with E-state index >= 15 is 0 Å². The van der Waals surface area contributed by atoms with Crippen molar-refractivity contribution in [1.82, 2.24) is 9.47 Å². The number of amides is 1. The van der Waals surface area contributed by atoms with Gasteiger partial charge >= 0.3 is 0 Å². The van der Waals surface area contributed by atoms with Crippen LogP contribution < -0.4 is 5.43 Å². The van der Waals surface area contributed by atoms with Gasteiger partial charge in [0.05, 0.1) is 5.52 Å². The second-order valence-corrected chi connectivity index (χ2v) is 7.12. The highest BCUT2D eigenvalue weighted by molar-refractivity contribution is 9.10. The molecule has 2 heterocycles. The Hall–Kier alpha value is -2.13. The molecule has 0 aliphatic carbocycles. The minimum Gasteiger partial charge on any atom is -0.338 e. The van der Waals surface area contributed by atoms with Gasteiger partial charge in [0.25, 0.3) is 0 Å². The summed E-state index contributed by atoms with van der Waals surface area (Å²) in [5.41, 5.74) is 0.421. The van der Waals surface area contributed by atoms with Crippen molar-refractivity contribution in [3.8, 4) is 6.07 Å². The third-order valence-corrected chi connectivity index (χ3v) is 5.08. The number of halogens is 1. The van der Waals surface area contributed by atoms with Gasteiger partial charge in [-0.3, -0.25) is 9.59 Å². The predicted molar refractivity (Wildman–Crippen MR) is 95.6 cm³/mol. The fraction of sp³-hybridized carbons (Fsp3) is 0.389. The number of piperidine rings is 1. The summed E-state index contributed by atoms with van der Waals surface area (Å²) in [6, 6.07) is 7.50. The van der Waals surface area contributed by atoms with Crippen LogP contribution in [0.2, 0.25) is 0 Å². The van der Waals surface area contributed by atoms with E-state index in [1.165, 1.54) is 6.20 Å². The standard InChI is InChI=1S/C18H18BrN3O2/c1-12-4-2-3-7-22(12)17(23)11-21-10-13(9-20)18(24)15-8-14(19)5-6-16(15)21/h5-6,8,10,12H,2-4,7,11H2,1H3. The number of nitriles is 1. The van der Waals surface area contributed by atoms with Crippen molar-refractivity contribution in [1.29, 1.82) is 5.26 Å². The number of carbonyl (C=O) groups excluding carboxylic acids is 1. The van der Waals surface area contributed by atoms with Crippen LogP contribution in [0.3, 0.4) is 0 Å². The van der Waals surface area contributed by atoms with Crippen molar-refractivity contribution >= 4 is 32.7 Å². The van der Waals surface area contributed by atoms with E-state index in [1.54, 1.807) is 16.7 Å². The maximum Gasteiger partial charge on any atom is 0.242 e. The molecule has 1 aromatic carbocycles. The molecule has 1 saturated heterocycles. The Morgan fingerprint density at radius 2 is 2.21 bits per heavy atom. The molecule has 1 amide bonds. The van der Waals surface area contributed by atoms with Gasteiger partial charge in [0.1, 0.15) is 18.2 Å². The van der Waals surface area contributed by atoms with Crippen LogP contribution in [-0.4, -0.2) is 28.0 Å². The van der Waals surface area contributed by atoms with Crippen LogP contribution >= 0.6 is 15.9 Å². The van der Waals surface area contributed by atoms with Gasteiger partial charge in [-0.25, -0.2) is 0 Å². The third kappa shape index (κ3) is 3.09. The number of benzene rings is 1. The largest absolute Gasteiger partial charge is 0.338 e. The van der Waals surface area contributed by atoms with Crippen molar-refractivity contribution in [2.45, 2.75) is 38.8 Å². The molecule has 0 N–H and O–H groups in total. The summed E-state index contributed by atoms with van der Waals surface area (Å²) in [6.07, 6.45) is 4.69. The van der Waals surface area contributed by atoms with E-state index in [9.17, 15) is 14.9 Å². The van der Waals surface area contributed by atoms with Crippen molar-refractivity contribution < 1.29 is 4.79 Å². The molecule has 0 spiro atoms. The Bertz CT molecular complexity index is 897. The molecular formula is C18H18BrN3O2. The first kappa shape index (κ1) is 16.7. The summed E-state index contributed by atoms with van der Waals surface area (Å²) in [5.74, 6) is 0.0268. The molecule has 124 valence electrons. The molecule has 6 heteroatoms. The molecule has 5 nitrogen and oxygen atoms in total. The first-order valence-electron chi connectivity index (χ1n) is 8.03. The van der Waals surface area contributed by atoms with Gasteiger partial charge in [0, 0.05) is 28.6 Å². The van der Waals surface area contributed by atoms with Crippen molar-refractivity contribution in [2.75, 3.05) is 6.54 Å². The number of hydrogen-bond acceptors (Lipinski definition) is 3. The maximum absolute atomic E-state index is 12.7. The average Bonchev–Trinajstić information content (AvgIpc) is 2.57. The Labute approximate surface area is 148 Å². The molecule has 24 heavy (non-hydrogen) atoms. The fourth-order valence-electron chi connectivity index (χ4n) is 3.29. The Kier molecular flexibility index (Phi) is 4.72. The quantitative estimate of drug-likeness (QED) is 0.795. The third-order valence-electron chi connectivity index (χ3n) is 4.59. The van der Waals surface area contributed by atoms with Gasteiger partial charge in [-0.05, 0) is 44.4 Å². The van der Waals surface area contributed by atoms with Gasteiger partial charge in [-0.1, -0.05) is 15.9 Å². The minimum absolute atomic E-state index is 0.0268. The molecule has 0 radical (unpaired) electrons. The van der Waals surface area contributed by atoms with Crippen LogP contribution in [0.1, 0.15) is 31.7 Å². The van der Waals surface area contributed by atoms with Crippen molar-refractivity contribution in [3.05, 3.63) is 44.7 Å². The minimum atomic E-state index is -0.302. The summed E-state index contributed by atoms with van der Waals surface area (Å²) in [6.45, 7) is 2.98. The van der Waals surface area contributed by atoms with Crippen LogP contribution in [0.15, 0.2) is 33.7 Å². The number of aromatic nitrogens is 1. The Morgan fingerprint density at radius 1 is 1.42 bits per heavy atom. The first-order chi connectivity index (χ1) is 11.5. The molecule has 1 aliphatic rings. The molecule has 3 rings (SSSR count). The lowest BCUT2D eigenvalue weighted by Crippen LogP contribution is -2.43. The van der Waals surface area contributed by atoms with E-state index in [0.29, 0.717) is 10.9 Å². The van der Waals surface area contributed by atoms with Crippen molar-refractivity contribution in [2.24, 2.45) is 0 Å². The molecular weight excluding hydrogens is 370 g/mol. The molecule has 1 aliphatic heterocycles. The highest BCUT2D eigenvalue weighted by Gasteiger charge is 2.23. The topological polar surface area (TPSA) is 66.1 Å². The molecule has 0 saturated carbocycles. The van der Waals surface area contributed by atoms with Gasteiger partial charge in [0.2, 0.25) is 11.3 Å². The van der Waals surface area contributed by atoms with Gasteiger partial charge in [-0.2, -0.15) is 5.26 Å². The summed E-state index contributed by atoms with van der Waals surface area (Å²) in [5, 5.41) is 9.67. The summed E-state index contributed by atoms with van der Waals surface area (Å²) in [7, 11) is 0. The zero-order valence-electron chi connectivity index (χ0n) is 13.5. The Balaban J connectivity index is 2.03. The number of hydrogen-bond donors (Lipinski definition) is 0. The van der Waals surface area contributed by atoms with Gasteiger partial charge < -0.3 is 9.47 Å². The van der Waals surface area contributed by atoms with E-state index in [4.69, 9.17) is 0 Å². The van der Waals surface area contributed by atoms with Gasteiger partial charge in [0.15, 0.2) is 0 Å². The number of pyridine rings is 1. The van der Waals surface area contributed by atoms with E-state index in [1.807, 2.05) is 17.0 Å². The number of nitrogens with zero attached hydrogens (tertiary/aromatic N) is 3. The highest BCUT2D eigenvalue weighted by Crippen LogP contribution is 2.20. The lowest BCUT2D eigenvalue weighted by molar-refractivity contribution is -0.135. The normalized spacial score (nSPS) is 17.7. The van der Waals surface area contributed by atoms with E-state index in [2.05, 4.69) is 22.9 Å². The summed E-state index contributed by atoms with van der Waals surface area (Å²) in [4.78, 5) is 27.0. The molecule has 1 fully saturated rings. The van der Waals surface area contributed by atoms with E-state index in [-0.39, 0.29) is 29.5 Å². The van der Waals surface area contributed by atoms with E-state index < -0.39 is 0 Å². The van der Waals surface area contributed by atoms with Crippen LogP contribution in [0.4, 0.5) is 0 Å². The zero-order valence-corrected chi connectivity index (χ0v) is 15.0. The molecule has 1 unspecified atom stereocenters. The maximum atomic E-state index is 12.7. The van der Waals surface area contributed by atoms with Crippen LogP contribution in [-0.2, 0) is 11.3 Å². The second-order valence-electron chi connectivity index (χ2n) is 6.21. The highest BCUT2D eigenvalue weighted by atomic mass is 79.9. The van der Waals surface area contributed by atoms with E-state index in [0.717, 1.165) is 30.3 Å². The molecule has 2 aromatic rings. The molecule has 1 atom stereocenters. The SMILES string of the molecule is CC1CCCCN1C(=O)Cn1cc(C#N)c(=O)c2cc(Br)ccc21. The smallest absolute Gasteiger partial charge is 0.242 e. The second kappa shape index (κ2) is 6.78. The first-order valence-corrected chi connectivity index (χ1v) is 8.83. The average molecular weight is 388 g/mol.